The number of amides is 2. The van der Waals surface area contributed by atoms with Gasteiger partial charge in [0.2, 0.25) is 0 Å². The number of carbonyl (C=O) groups excluding carboxylic acids is 1. The van der Waals surface area contributed by atoms with E-state index in [1.807, 2.05) is 32.0 Å². The Morgan fingerprint density at radius 3 is 2.64 bits per heavy atom. The maximum Gasteiger partial charge on any atom is 0.317 e. The molecule has 0 aromatic heterocycles. The first kappa shape index (κ1) is 18.3. The second-order valence-corrected chi connectivity index (χ2v) is 6.11. The Kier molecular flexibility index (Phi) is 6.68. The van der Waals surface area contributed by atoms with Crippen LogP contribution in [0.25, 0.3) is 0 Å². The molecule has 0 aliphatic heterocycles. The molecule has 1 aromatic rings. The van der Waals surface area contributed by atoms with Crippen molar-refractivity contribution in [3.8, 4) is 5.75 Å². The SMILES string of the molecule is CCN(CC(C)(C)O)C(=O)NCCc1ccc(C)c(OC)c1. The fourth-order valence-corrected chi connectivity index (χ4v) is 2.24. The first-order chi connectivity index (χ1) is 10.3. The summed E-state index contributed by atoms with van der Waals surface area (Å²) in [4.78, 5) is 13.7. The van der Waals surface area contributed by atoms with Crippen molar-refractivity contribution in [2.75, 3.05) is 26.7 Å². The third kappa shape index (κ3) is 5.93. The standard InChI is InChI=1S/C17H28N2O3/c1-6-19(12-17(3,4)21)16(20)18-10-9-14-8-7-13(2)15(11-14)22-5/h7-8,11,21H,6,9-10,12H2,1-5H3,(H,18,20). The van der Waals surface area contributed by atoms with Gasteiger partial charge in [0, 0.05) is 13.1 Å². The zero-order chi connectivity index (χ0) is 16.8. The monoisotopic (exact) mass is 308 g/mol. The molecule has 0 spiro atoms. The van der Waals surface area contributed by atoms with E-state index in [-0.39, 0.29) is 6.03 Å². The van der Waals surface area contributed by atoms with Gasteiger partial charge in [-0.2, -0.15) is 0 Å². The molecule has 0 heterocycles. The van der Waals surface area contributed by atoms with Crippen LogP contribution in [0.5, 0.6) is 5.75 Å². The van der Waals surface area contributed by atoms with E-state index in [1.165, 1.54) is 0 Å². The zero-order valence-corrected chi connectivity index (χ0v) is 14.3. The predicted molar refractivity (Wildman–Crippen MR) is 88.4 cm³/mol. The number of hydrogen-bond acceptors (Lipinski definition) is 3. The summed E-state index contributed by atoms with van der Waals surface area (Å²) in [6.07, 6.45) is 0.739. The van der Waals surface area contributed by atoms with Gasteiger partial charge in [-0.25, -0.2) is 4.79 Å². The second kappa shape index (κ2) is 8.03. The van der Waals surface area contributed by atoms with E-state index in [9.17, 15) is 9.90 Å². The van der Waals surface area contributed by atoms with Crippen molar-refractivity contribution < 1.29 is 14.6 Å². The molecule has 1 rings (SSSR count). The topological polar surface area (TPSA) is 61.8 Å². The molecule has 124 valence electrons. The summed E-state index contributed by atoms with van der Waals surface area (Å²) < 4.78 is 5.30. The number of aryl methyl sites for hydroxylation is 1. The molecular formula is C17H28N2O3. The molecule has 0 saturated carbocycles. The molecule has 0 atom stereocenters. The summed E-state index contributed by atoms with van der Waals surface area (Å²) in [5, 5.41) is 12.7. The fourth-order valence-electron chi connectivity index (χ4n) is 2.24. The third-order valence-electron chi connectivity index (χ3n) is 3.41. The average Bonchev–Trinajstić information content (AvgIpc) is 2.45. The number of rotatable bonds is 7. The average molecular weight is 308 g/mol. The van der Waals surface area contributed by atoms with Gasteiger partial charge in [0.25, 0.3) is 0 Å². The molecule has 1 aromatic carbocycles. The van der Waals surface area contributed by atoms with Gasteiger partial charge in [0.15, 0.2) is 0 Å². The molecule has 0 saturated heterocycles. The summed E-state index contributed by atoms with van der Waals surface area (Å²) in [5.41, 5.74) is 1.32. The Bertz CT molecular complexity index is 495. The lowest BCUT2D eigenvalue weighted by molar-refractivity contribution is 0.0480. The van der Waals surface area contributed by atoms with E-state index in [0.717, 1.165) is 23.3 Å². The number of nitrogens with one attached hydrogen (secondary N) is 1. The van der Waals surface area contributed by atoms with E-state index < -0.39 is 5.60 Å². The van der Waals surface area contributed by atoms with Crippen molar-refractivity contribution >= 4 is 6.03 Å². The van der Waals surface area contributed by atoms with Crippen LogP contribution in [0.4, 0.5) is 4.79 Å². The fraction of sp³-hybridized carbons (Fsp3) is 0.588. The first-order valence-corrected chi connectivity index (χ1v) is 7.65. The van der Waals surface area contributed by atoms with Crippen LogP contribution in [0.1, 0.15) is 31.9 Å². The Balaban J connectivity index is 2.50. The molecule has 0 radical (unpaired) electrons. The highest BCUT2D eigenvalue weighted by Gasteiger charge is 2.20. The van der Waals surface area contributed by atoms with E-state index in [1.54, 1.807) is 25.9 Å². The molecule has 0 unspecified atom stereocenters. The molecule has 22 heavy (non-hydrogen) atoms. The van der Waals surface area contributed by atoms with Crippen LogP contribution in [0.15, 0.2) is 18.2 Å². The van der Waals surface area contributed by atoms with Crippen molar-refractivity contribution in [2.24, 2.45) is 0 Å². The second-order valence-electron chi connectivity index (χ2n) is 6.11. The number of nitrogens with zero attached hydrogens (tertiary/aromatic N) is 1. The van der Waals surface area contributed by atoms with Gasteiger partial charge in [-0.15, -0.1) is 0 Å². The molecule has 2 N–H and O–H groups in total. The minimum atomic E-state index is -0.891. The molecular weight excluding hydrogens is 280 g/mol. The first-order valence-electron chi connectivity index (χ1n) is 7.65. The minimum absolute atomic E-state index is 0.149. The largest absolute Gasteiger partial charge is 0.496 e. The number of benzene rings is 1. The molecule has 0 aliphatic rings. The maximum atomic E-state index is 12.1. The summed E-state index contributed by atoms with van der Waals surface area (Å²) in [6, 6.07) is 5.90. The van der Waals surface area contributed by atoms with Crippen molar-refractivity contribution in [2.45, 2.75) is 39.7 Å². The summed E-state index contributed by atoms with van der Waals surface area (Å²) in [6.45, 7) is 8.72. The third-order valence-corrected chi connectivity index (χ3v) is 3.41. The number of methoxy groups -OCH3 is 1. The highest BCUT2D eigenvalue weighted by atomic mass is 16.5. The number of urea groups is 1. The Hall–Kier alpha value is -1.75. The number of likely N-dealkylation sites (N-methyl/N-ethyl adjacent to an activating group) is 1. The van der Waals surface area contributed by atoms with Crippen molar-refractivity contribution in [1.82, 2.24) is 10.2 Å². The summed E-state index contributed by atoms with van der Waals surface area (Å²) in [7, 11) is 1.66. The van der Waals surface area contributed by atoms with Gasteiger partial charge in [-0.1, -0.05) is 12.1 Å². The lowest BCUT2D eigenvalue weighted by Crippen LogP contribution is -2.47. The predicted octanol–water partition coefficient (Wildman–Crippen LogP) is 2.35. The Morgan fingerprint density at radius 1 is 1.41 bits per heavy atom. The van der Waals surface area contributed by atoms with Crippen LogP contribution in [-0.4, -0.2) is 48.4 Å². The van der Waals surface area contributed by atoms with Crippen LogP contribution in [0.2, 0.25) is 0 Å². The molecule has 0 bridgehead atoms. The number of aliphatic hydroxyl groups is 1. The van der Waals surface area contributed by atoms with E-state index in [4.69, 9.17) is 4.74 Å². The Morgan fingerprint density at radius 2 is 2.09 bits per heavy atom. The molecule has 5 nitrogen and oxygen atoms in total. The van der Waals surface area contributed by atoms with Crippen molar-refractivity contribution in [1.29, 1.82) is 0 Å². The number of ether oxygens (including phenoxy) is 1. The van der Waals surface area contributed by atoms with E-state index >= 15 is 0 Å². The zero-order valence-electron chi connectivity index (χ0n) is 14.3. The van der Waals surface area contributed by atoms with Crippen molar-refractivity contribution in [3.05, 3.63) is 29.3 Å². The van der Waals surface area contributed by atoms with E-state index in [2.05, 4.69) is 5.32 Å². The Labute approximate surface area is 133 Å². The molecule has 0 fully saturated rings. The molecule has 0 aliphatic carbocycles. The van der Waals surface area contributed by atoms with Crippen LogP contribution in [0, 0.1) is 6.92 Å². The van der Waals surface area contributed by atoms with Crippen LogP contribution < -0.4 is 10.1 Å². The van der Waals surface area contributed by atoms with Crippen molar-refractivity contribution in [3.63, 3.8) is 0 Å². The number of hydrogen-bond donors (Lipinski definition) is 2. The lowest BCUT2D eigenvalue weighted by Gasteiger charge is -2.28. The van der Waals surface area contributed by atoms with Gasteiger partial charge in [0.05, 0.1) is 19.3 Å². The quantitative estimate of drug-likeness (QED) is 0.813. The minimum Gasteiger partial charge on any atom is -0.496 e. The normalized spacial score (nSPS) is 11.2. The van der Waals surface area contributed by atoms with E-state index in [0.29, 0.717) is 19.6 Å². The van der Waals surface area contributed by atoms with Gasteiger partial charge in [-0.05, 0) is 51.3 Å². The highest BCUT2D eigenvalue weighted by molar-refractivity contribution is 5.74. The van der Waals surface area contributed by atoms with Crippen LogP contribution in [0.3, 0.4) is 0 Å². The molecule has 2 amide bonds. The lowest BCUT2D eigenvalue weighted by atomic mass is 10.1. The molecule has 5 heteroatoms. The number of carbonyl (C=O) groups is 1. The van der Waals surface area contributed by atoms with Gasteiger partial charge < -0.3 is 20.1 Å². The highest BCUT2D eigenvalue weighted by Crippen LogP contribution is 2.19. The summed E-state index contributed by atoms with van der Waals surface area (Å²) in [5.74, 6) is 0.862. The van der Waals surface area contributed by atoms with Crippen LogP contribution in [-0.2, 0) is 6.42 Å². The van der Waals surface area contributed by atoms with Crippen LogP contribution >= 0.6 is 0 Å². The van der Waals surface area contributed by atoms with Gasteiger partial charge >= 0.3 is 6.03 Å². The maximum absolute atomic E-state index is 12.1. The van der Waals surface area contributed by atoms with Gasteiger partial charge in [0.1, 0.15) is 5.75 Å². The smallest absolute Gasteiger partial charge is 0.317 e. The summed E-state index contributed by atoms with van der Waals surface area (Å²) >= 11 is 0. The van der Waals surface area contributed by atoms with Gasteiger partial charge in [-0.3, -0.25) is 0 Å².